The van der Waals surface area contributed by atoms with Gasteiger partial charge in [0.2, 0.25) is 10.1 Å². The van der Waals surface area contributed by atoms with Gasteiger partial charge in [-0.3, -0.25) is 9.36 Å². The fourth-order valence-corrected chi connectivity index (χ4v) is 7.62. The number of piperidine rings is 2. The first kappa shape index (κ1) is 20.9. The predicted octanol–water partition coefficient (Wildman–Crippen LogP) is 2.64. The third-order valence-electron chi connectivity index (χ3n) is 6.66. The number of sulfonamides is 1. The highest BCUT2D eigenvalue weighted by molar-refractivity contribution is 7.97. The zero-order chi connectivity index (χ0) is 21.6. The Morgan fingerprint density at radius 2 is 1.94 bits per heavy atom. The molecule has 0 aliphatic carbocycles. The van der Waals surface area contributed by atoms with Gasteiger partial charge in [-0.1, -0.05) is 15.5 Å². The normalized spacial score (nSPS) is 24.9. The maximum absolute atomic E-state index is 13.2. The van der Waals surface area contributed by atoms with Gasteiger partial charge in [0, 0.05) is 43.6 Å². The standard InChI is InChI=1S/C21H26N4O4S2/c26-20(16-4-1-9-23(14-16)31(28,29)19-6-3-13-30-19)22-11-7-17(8-12-22)25-15-18-5-2-10-24(18)21(25)27/h2-3,5-6,10,13,16-17H,1,4,7-9,11-12,14-15H2. The molecule has 0 N–H and O–H groups in total. The van der Waals surface area contributed by atoms with Gasteiger partial charge in [-0.15, -0.1) is 4.31 Å². The van der Waals surface area contributed by atoms with Crippen LogP contribution in [0.3, 0.4) is 0 Å². The molecule has 5 heterocycles. The highest BCUT2D eigenvalue weighted by Gasteiger charge is 2.40. The Labute approximate surface area is 186 Å². The molecule has 166 valence electrons. The van der Waals surface area contributed by atoms with Crippen molar-refractivity contribution in [2.45, 2.75) is 42.5 Å². The summed E-state index contributed by atoms with van der Waals surface area (Å²) in [6.07, 6.45) is 4.72. The van der Waals surface area contributed by atoms with Gasteiger partial charge in [-0.25, -0.2) is 4.79 Å². The lowest BCUT2D eigenvalue weighted by Gasteiger charge is -2.39. The van der Waals surface area contributed by atoms with Crippen LogP contribution in [-0.2, 0) is 25.9 Å². The molecule has 0 bridgehead atoms. The van der Waals surface area contributed by atoms with E-state index in [9.17, 15) is 18.4 Å². The average Bonchev–Trinajstić information content (AvgIpc) is 3.54. The number of hydrogen-bond acceptors (Lipinski definition) is 5. The van der Waals surface area contributed by atoms with Gasteiger partial charge in [-0.05, 0) is 49.3 Å². The predicted molar refractivity (Wildman–Crippen MR) is 116 cm³/mol. The van der Waals surface area contributed by atoms with E-state index in [0.717, 1.165) is 25.0 Å². The molecule has 0 radical (unpaired) electrons. The summed E-state index contributed by atoms with van der Waals surface area (Å²) in [6, 6.07) is 7.36. The van der Waals surface area contributed by atoms with Crippen molar-refractivity contribution in [2.24, 2.45) is 5.92 Å². The quantitative estimate of drug-likeness (QED) is 0.654. The van der Waals surface area contributed by atoms with Gasteiger partial charge in [0.1, 0.15) is 0 Å². The van der Waals surface area contributed by atoms with Crippen molar-refractivity contribution >= 4 is 33.7 Å². The first-order chi connectivity index (χ1) is 14.9. The van der Waals surface area contributed by atoms with Crippen LogP contribution in [0.1, 0.15) is 31.4 Å². The molecule has 2 unspecified atom stereocenters. The highest BCUT2D eigenvalue weighted by Crippen LogP contribution is 2.32. The molecule has 2 aromatic heterocycles. The fourth-order valence-electron chi connectivity index (χ4n) is 4.95. The van der Waals surface area contributed by atoms with Crippen molar-refractivity contribution in [3.63, 3.8) is 0 Å². The number of aromatic nitrogens is 1. The number of thiophene rings is 1. The lowest BCUT2D eigenvalue weighted by molar-refractivity contribution is -0.138. The van der Waals surface area contributed by atoms with Crippen molar-refractivity contribution in [1.29, 1.82) is 0 Å². The van der Waals surface area contributed by atoms with Crippen LogP contribution >= 0.6 is 11.3 Å². The summed E-state index contributed by atoms with van der Waals surface area (Å²) in [5.41, 5.74) is 1.01. The van der Waals surface area contributed by atoms with Crippen molar-refractivity contribution in [3.05, 3.63) is 41.5 Å². The first-order valence-electron chi connectivity index (χ1n) is 10.7. The molecule has 3 aliphatic rings. The molecule has 0 spiro atoms. The third-order valence-corrected chi connectivity index (χ3v) is 9.90. The third kappa shape index (κ3) is 3.75. The minimum absolute atomic E-state index is 0.0199. The summed E-state index contributed by atoms with van der Waals surface area (Å²) in [5.74, 6) is -0.252. The van der Waals surface area contributed by atoms with E-state index in [0.29, 0.717) is 36.8 Å². The van der Waals surface area contributed by atoms with E-state index in [1.54, 1.807) is 28.3 Å². The lowest BCUT2D eigenvalue weighted by atomic mass is 9.96. The summed E-state index contributed by atoms with van der Waals surface area (Å²) in [4.78, 5) is 29.5. The molecular formula is C21H26N4O4S2. The number of carbonyl (C=O) groups is 2. The second-order valence-electron chi connectivity index (χ2n) is 8.47. The Hall–Kier alpha value is -2.01. The second-order valence-corrected chi connectivity index (χ2v) is 11.6. The highest BCUT2D eigenvalue weighted by atomic mass is 32.3. The summed E-state index contributed by atoms with van der Waals surface area (Å²) in [6.45, 7) is 2.55. The number of hydrogen-bond donors (Lipinski definition) is 0. The number of carbonyl (C=O) groups excluding carboxylic acids is 2. The van der Waals surface area contributed by atoms with Gasteiger partial charge in [0.15, 0.2) is 10.4 Å². The van der Waals surface area contributed by atoms with E-state index >= 15 is 0 Å². The van der Waals surface area contributed by atoms with Crippen LogP contribution in [0, 0.1) is 5.92 Å². The molecule has 2 atom stereocenters. The maximum atomic E-state index is 13.2. The van der Waals surface area contributed by atoms with E-state index in [1.165, 1.54) is 15.6 Å². The van der Waals surface area contributed by atoms with Gasteiger partial charge in [0.25, 0.3) is 0 Å². The monoisotopic (exact) mass is 462 g/mol. The number of nitrogens with zero attached hydrogens (tertiary/aromatic N) is 4. The van der Waals surface area contributed by atoms with Gasteiger partial charge in [0.05, 0.1) is 19.0 Å². The molecule has 2 fully saturated rings. The van der Waals surface area contributed by atoms with Gasteiger partial charge < -0.3 is 14.4 Å². The lowest BCUT2D eigenvalue weighted by Crippen LogP contribution is -2.52. The largest absolute Gasteiger partial charge is 0.592 e. The first-order valence-corrected chi connectivity index (χ1v) is 13.1. The van der Waals surface area contributed by atoms with Crippen LogP contribution in [0.2, 0.25) is 0 Å². The molecular weight excluding hydrogens is 436 g/mol. The van der Waals surface area contributed by atoms with Crippen LogP contribution in [0.4, 0.5) is 4.79 Å². The number of rotatable bonds is 4. The van der Waals surface area contributed by atoms with Crippen molar-refractivity contribution < 1.29 is 18.4 Å². The minimum Gasteiger partial charge on any atom is -0.592 e. The van der Waals surface area contributed by atoms with E-state index in [-0.39, 0.29) is 30.4 Å². The molecule has 2 saturated heterocycles. The Morgan fingerprint density at radius 3 is 2.65 bits per heavy atom. The fraction of sp³-hybridized carbons (Fsp3) is 0.524. The Balaban J connectivity index is 1.18. The van der Waals surface area contributed by atoms with E-state index < -0.39 is 10.4 Å². The summed E-state index contributed by atoms with van der Waals surface area (Å²) in [5, 5.41) is 1.76. The average molecular weight is 463 g/mol. The Bertz CT molecular complexity index is 1010. The summed E-state index contributed by atoms with van der Waals surface area (Å²) < 4.78 is 29.2. The second kappa shape index (κ2) is 8.16. The van der Waals surface area contributed by atoms with Crippen LogP contribution < -0.4 is 0 Å². The molecule has 0 saturated carbocycles. The van der Waals surface area contributed by atoms with Crippen LogP contribution in [-0.4, -0.2) is 67.4 Å². The van der Waals surface area contributed by atoms with Crippen LogP contribution in [0.15, 0.2) is 40.1 Å². The summed E-state index contributed by atoms with van der Waals surface area (Å²) in [7, 11) is -3.53. The smallest absolute Gasteiger partial charge is 0.329 e. The molecule has 0 aromatic carbocycles. The van der Waals surface area contributed by atoms with E-state index in [1.807, 2.05) is 21.9 Å². The topological polar surface area (TPSA) is 88.9 Å². The minimum atomic E-state index is -3.53. The van der Waals surface area contributed by atoms with Crippen LogP contribution in [0.25, 0.3) is 0 Å². The molecule has 8 nitrogen and oxygen atoms in total. The van der Waals surface area contributed by atoms with E-state index in [4.69, 9.17) is 0 Å². The van der Waals surface area contributed by atoms with Gasteiger partial charge >= 0.3 is 6.03 Å². The molecule has 3 aliphatic heterocycles. The van der Waals surface area contributed by atoms with Crippen LogP contribution in [0.5, 0.6) is 0 Å². The zero-order valence-corrected chi connectivity index (χ0v) is 18.9. The Kier molecular flexibility index (Phi) is 5.49. The SMILES string of the molecule is O=C(C1CCCN([S+](=O)([O-])c2cccs2)C1)N1CCC(N2Cc3cccn3C2=O)CC1. The van der Waals surface area contributed by atoms with Crippen molar-refractivity contribution in [2.75, 3.05) is 26.2 Å². The zero-order valence-electron chi connectivity index (χ0n) is 17.2. The molecule has 2 amide bonds. The molecule has 5 rings (SSSR count). The van der Waals surface area contributed by atoms with Crippen molar-refractivity contribution in [1.82, 2.24) is 18.7 Å². The molecule has 10 heteroatoms. The molecule has 2 aromatic rings. The van der Waals surface area contributed by atoms with Crippen molar-refractivity contribution in [3.8, 4) is 0 Å². The van der Waals surface area contributed by atoms with E-state index in [2.05, 4.69) is 0 Å². The van der Waals surface area contributed by atoms with Gasteiger partial charge in [-0.2, -0.15) is 0 Å². The summed E-state index contributed by atoms with van der Waals surface area (Å²) >= 11 is 1.21. The maximum Gasteiger partial charge on any atom is 0.329 e. The number of fused-ring (bicyclic) bond motifs is 1. The Morgan fingerprint density at radius 1 is 1.13 bits per heavy atom. The number of amides is 2. The number of likely N-dealkylation sites (tertiary alicyclic amines) is 1. The molecule has 31 heavy (non-hydrogen) atoms.